The van der Waals surface area contributed by atoms with Crippen LogP contribution in [-0.2, 0) is 9.53 Å². The molecule has 0 amide bonds. The Balaban J connectivity index is 1.38. The van der Waals surface area contributed by atoms with Crippen molar-refractivity contribution in [3.05, 3.63) is 60.4 Å². The van der Waals surface area contributed by atoms with E-state index in [1.54, 1.807) is 30.3 Å². The van der Waals surface area contributed by atoms with Crippen molar-refractivity contribution in [3.8, 4) is 11.5 Å². The molecule has 0 unspecified atom stereocenters. The molecule has 1 aromatic heterocycles. The van der Waals surface area contributed by atoms with Crippen molar-refractivity contribution in [3.63, 3.8) is 0 Å². The lowest BCUT2D eigenvalue weighted by Crippen LogP contribution is -2.38. The van der Waals surface area contributed by atoms with E-state index in [1.165, 1.54) is 0 Å². The highest BCUT2D eigenvalue weighted by Crippen LogP contribution is 2.31. The van der Waals surface area contributed by atoms with Gasteiger partial charge in [0.25, 0.3) is 0 Å². The van der Waals surface area contributed by atoms with Crippen molar-refractivity contribution in [2.75, 3.05) is 13.2 Å². The van der Waals surface area contributed by atoms with Crippen LogP contribution in [0.15, 0.2) is 59.0 Å². The third-order valence-electron chi connectivity index (χ3n) is 3.82. The van der Waals surface area contributed by atoms with Gasteiger partial charge in [-0.3, -0.25) is 4.79 Å². The highest BCUT2D eigenvalue weighted by molar-refractivity contribution is 5.99. The zero-order chi connectivity index (χ0) is 17.2. The maximum atomic E-state index is 12.2. The summed E-state index contributed by atoms with van der Waals surface area (Å²) in [6, 6.07) is 15.9. The number of ketones is 1. The van der Waals surface area contributed by atoms with Crippen LogP contribution in [-0.4, -0.2) is 31.1 Å². The molecule has 126 valence electrons. The molecule has 0 saturated heterocycles. The highest BCUT2D eigenvalue weighted by atomic mass is 16.6. The van der Waals surface area contributed by atoms with E-state index in [9.17, 15) is 9.59 Å². The fourth-order valence-corrected chi connectivity index (χ4v) is 2.56. The summed E-state index contributed by atoms with van der Waals surface area (Å²) in [6.45, 7) is -0.380. The van der Waals surface area contributed by atoms with Gasteiger partial charge in [0.05, 0.1) is 0 Å². The van der Waals surface area contributed by atoms with Gasteiger partial charge in [-0.05, 0) is 24.3 Å². The molecule has 6 heteroatoms. The van der Waals surface area contributed by atoms with Gasteiger partial charge < -0.3 is 18.6 Å². The zero-order valence-corrected chi connectivity index (χ0v) is 13.1. The summed E-state index contributed by atoms with van der Waals surface area (Å²) in [4.78, 5) is 24.3. The number of carbonyl (C=O) groups is 2. The van der Waals surface area contributed by atoms with Gasteiger partial charge in [-0.1, -0.05) is 30.3 Å². The van der Waals surface area contributed by atoms with Crippen LogP contribution >= 0.6 is 0 Å². The molecule has 25 heavy (non-hydrogen) atoms. The van der Waals surface area contributed by atoms with Crippen LogP contribution in [0.2, 0.25) is 0 Å². The van der Waals surface area contributed by atoms with Crippen LogP contribution in [0.5, 0.6) is 11.5 Å². The molecular formula is C19H14O6. The van der Waals surface area contributed by atoms with Crippen LogP contribution < -0.4 is 9.47 Å². The molecule has 4 rings (SSSR count). The summed E-state index contributed by atoms with van der Waals surface area (Å²) in [5, 5.41) is 0.817. The predicted octanol–water partition coefficient (Wildman–Crippen LogP) is 3.00. The van der Waals surface area contributed by atoms with Crippen LogP contribution in [0.25, 0.3) is 11.0 Å². The first kappa shape index (κ1) is 15.3. The number of benzene rings is 2. The largest absolute Gasteiger partial charge is 0.485 e. The number of rotatable bonds is 4. The average molecular weight is 338 g/mol. The monoisotopic (exact) mass is 338 g/mol. The lowest BCUT2D eigenvalue weighted by atomic mass is 10.2. The second-order valence-electron chi connectivity index (χ2n) is 5.54. The molecule has 0 fully saturated rings. The first-order valence-corrected chi connectivity index (χ1v) is 7.77. The first-order valence-electron chi connectivity index (χ1n) is 7.77. The van der Waals surface area contributed by atoms with Gasteiger partial charge in [0.15, 0.2) is 23.9 Å². The fraction of sp³-hybridized carbons (Fsp3) is 0.158. The SMILES string of the molecule is O=C(COC(=O)[C@H]1COc2ccccc2O1)c1cc2ccccc2o1. The number of hydrogen-bond donors (Lipinski definition) is 0. The quantitative estimate of drug-likeness (QED) is 0.538. The number of para-hydroxylation sites is 3. The molecule has 0 aliphatic carbocycles. The second kappa shape index (κ2) is 6.32. The Bertz CT molecular complexity index is 909. The lowest BCUT2D eigenvalue weighted by molar-refractivity contribution is -0.153. The molecule has 0 bridgehead atoms. The average Bonchev–Trinajstić information content (AvgIpc) is 3.09. The van der Waals surface area contributed by atoms with Gasteiger partial charge in [-0.25, -0.2) is 4.79 Å². The van der Waals surface area contributed by atoms with E-state index in [0.717, 1.165) is 5.39 Å². The van der Waals surface area contributed by atoms with E-state index in [0.29, 0.717) is 17.1 Å². The lowest BCUT2D eigenvalue weighted by Gasteiger charge is -2.24. The van der Waals surface area contributed by atoms with Crippen LogP contribution in [0.1, 0.15) is 10.6 Å². The van der Waals surface area contributed by atoms with Crippen molar-refractivity contribution >= 4 is 22.7 Å². The molecule has 1 aliphatic rings. The van der Waals surface area contributed by atoms with Gasteiger partial charge in [-0.2, -0.15) is 0 Å². The van der Waals surface area contributed by atoms with E-state index in [4.69, 9.17) is 18.6 Å². The zero-order valence-electron chi connectivity index (χ0n) is 13.1. The van der Waals surface area contributed by atoms with E-state index in [1.807, 2.05) is 24.3 Å². The molecule has 1 atom stereocenters. The third kappa shape index (κ3) is 3.06. The van der Waals surface area contributed by atoms with Crippen molar-refractivity contribution in [1.82, 2.24) is 0 Å². The van der Waals surface area contributed by atoms with Gasteiger partial charge in [0.1, 0.15) is 12.2 Å². The minimum Gasteiger partial charge on any atom is -0.485 e. The summed E-state index contributed by atoms with van der Waals surface area (Å²) in [6.07, 6.45) is -0.904. The number of furan rings is 1. The molecule has 0 saturated carbocycles. The normalized spacial score (nSPS) is 15.8. The summed E-state index contributed by atoms with van der Waals surface area (Å²) < 4.78 is 21.5. The van der Waals surface area contributed by atoms with Crippen LogP contribution in [0.4, 0.5) is 0 Å². The van der Waals surface area contributed by atoms with Gasteiger partial charge in [-0.15, -0.1) is 0 Å². The molecule has 0 N–H and O–H groups in total. The van der Waals surface area contributed by atoms with Crippen molar-refractivity contribution in [2.24, 2.45) is 0 Å². The standard InChI is InChI=1S/C19H14O6/c20-13(17-9-12-5-1-2-6-14(12)24-17)10-23-19(21)18-11-22-15-7-3-4-8-16(15)25-18/h1-9,18H,10-11H2/t18-/m1/s1. The van der Waals surface area contributed by atoms with E-state index in [-0.39, 0.29) is 12.4 Å². The first-order chi connectivity index (χ1) is 12.2. The summed E-state index contributed by atoms with van der Waals surface area (Å²) in [7, 11) is 0. The Labute approximate surface area is 142 Å². The number of hydrogen-bond acceptors (Lipinski definition) is 6. The van der Waals surface area contributed by atoms with Crippen LogP contribution in [0, 0.1) is 0 Å². The Morgan fingerprint density at radius 3 is 2.64 bits per heavy atom. The molecule has 1 aliphatic heterocycles. The summed E-state index contributed by atoms with van der Waals surface area (Å²) >= 11 is 0. The number of Topliss-reactive ketones (excluding diaryl/α,β-unsaturated/α-hetero) is 1. The van der Waals surface area contributed by atoms with E-state index in [2.05, 4.69) is 0 Å². The Morgan fingerprint density at radius 1 is 1.04 bits per heavy atom. The van der Waals surface area contributed by atoms with Crippen molar-refractivity contribution < 1.29 is 28.2 Å². The van der Waals surface area contributed by atoms with Crippen LogP contribution in [0.3, 0.4) is 0 Å². The number of esters is 1. The molecule has 2 heterocycles. The number of ether oxygens (including phenoxy) is 3. The molecule has 0 spiro atoms. The predicted molar refractivity (Wildman–Crippen MR) is 87.9 cm³/mol. The van der Waals surface area contributed by atoms with E-state index >= 15 is 0 Å². The second-order valence-corrected chi connectivity index (χ2v) is 5.54. The highest BCUT2D eigenvalue weighted by Gasteiger charge is 2.29. The Hall–Kier alpha value is -3.28. The molecule has 2 aromatic carbocycles. The summed E-state index contributed by atoms with van der Waals surface area (Å²) in [5.74, 6) is 0.130. The third-order valence-corrected chi connectivity index (χ3v) is 3.82. The maximum absolute atomic E-state index is 12.2. The topological polar surface area (TPSA) is 75.0 Å². The van der Waals surface area contributed by atoms with Gasteiger partial charge >= 0.3 is 5.97 Å². The number of carbonyl (C=O) groups excluding carboxylic acids is 2. The van der Waals surface area contributed by atoms with Gasteiger partial charge in [0.2, 0.25) is 11.9 Å². The van der Waals surface area contributed by atoms with Gasteiger partial charge in [0, 0.05) is 5.39 Å². The molecule has 6 nitrogen and oxygen atoms in total. The van der Waals surface area contributed by atoms with Crippen molar-refractivity contribution in [1.29, 1.82) is 0 Å². The Morgan fingerprint density at radius 2 is 1.80 bits per heavy atom. The maximum Gasteiger partial charge on any atom is 0.351 e. The van der Waals surface area contributed by atoms with E-state index < -0.39 is 24.5 Å². The minimum atomic E-state index is -0.904. The molecule has 3 aromatic rings. The number of fused-ring (bicyclic) bond motifs is 2. The summed E-state index contributed by atoms with van der Waals surface area (Å²) in [5.41, 5.74) is 0.609. The molecular weight excluding hydrogens is 324 g/mol. The van der Waals surface area contributed by atoms with Crippen molar-refractivity contribution in [2.45, 2.75) is 6.10 Å². The smallest absolute Gasteiger partial charge is 0.351 e. The Kier molecular flexibility index (Phi) is 3.85. The molecule has 0 radical (unpaired) electrons. The minimum absolute atomic E-state index is 0.0364. The fourth-order valence-electron chi connectivity index (χ4n) is 2.56.